The first kappa shape index (κ1) is 26.0. The molecule has 13 heteroatoms. The number of alkyl halides is 3. The van der Waals surface area contributed by atoms with Gasteiger partial charge in [0.15, 0.2) is 0 Å². The molecule has 1 fully saturated rings. The molecule has 3 heterocycles. The zero-order valence-corrected chi connectivity index (χ0v) is 20.4. The van der Waals surface area contributed by atoms with E-state index in [1.807, 2.05) is 6.07 Å². The van der Waals surface area contributed by atoms with Gasteiger partial charge in [-0.25, -0.2) is 18.8 Å². The van der Waals surface area contributed by atoms with Gasteiger partial charge in [0.25, 0.3) is 0 Å². The van der Waals surface area contributed by atoms with Crippen LogP contribution in [0.3, 0.4) is 0 Å². The second kappa shape index (κ2) is 9.90. The van der Waals surface area contributed by atoms with Gasteiger partial charge in [0.05, 0.1) is 71.5 Å². The van der Waals surface area contributed by atoms with Crippen molar-refractivity contribution in [2.75, 3.05) is 13.2 Å². The number of imidazole rings is 1. The minimum atomic E-state index is -4.65. The Hall–Kier alpha value is -4.67. The third kappa shape index (κ3) is 4.71. The van der Waals surface area contributed by atoms with Gasteiger partial charge >= 0.3 is 17.9 Å². The average molecular weight is 538 g/mol. The van der Waals surface area contributed by atoms with E-state index >= 15 is 0 Å². The minimum absolute atomic E-state index is 0.00242. The number of hydrogen-bond donors (Lipinski definition) is 2. The fraction of sp³-hybridized carbons (Fsp3) is 0.231. The fourth-order valence-corrected chi connectivity index (χ4v) is 4.49. The number of benzene rings is 2. The third-order valence-corrected chi connectivity index (χ3v) is 6.40. The van der Waals surface area contributed by atoms with Gasteiger partial charge in [-0.1, -0.05) is 6.07 Å². The van der Waals surface area contributed by atoms with Gasteiger partial charge in [-0.2, -0.15) is 23.5 Å². The summed E-state index contributed by atoms with van der Waals surface area (Å²) in [5.74, 6) is 0. The van der Waals surface area contributed by atoms with Crippen LogP contribution in [0.2, 0.25) is 0 Å². The predicted molar refractivity (Wildman–Crippen MR) is 132 cm³/mol. The Labute approximate surface area is 219 Å². The lowest BCUT2D eigenvalue weighted by molar-refractivity contribution is -0.137. The summed E-state index contributed by atoms with van der Waals surface area (Å²) in [4.78, 5) is 27.2. The summed E-state index contributed by atoms with van der Waals surface area (Å²) in [6.45, 7) is 1.53. The molecule has 1 aliphatic heterocycles. The van der Waals surface area contributed by atoms with E-state index in [4.69, 9.17) is 10.00 Å². The number of carbonyl (C=O) groups is 1. The summed E-state index contributed by atoms with van der Waals surface area (Å²) in [7, 11) is 0. The predicted octanol–water partition coefficient (Wildman–Crippen LogP) is 3.01. The highest BCUT2D eigenvalue weighted by molar-refractivity contribution is 5.83. The molecule has 2 aromatic carbocycles. The molecule has 4 aromatic rings. The van der Waals surface area contributed by atoms with Gasteiger partial charge in [0.1, 0.15) is 5.69 Å². The fourth-order valence-electron chi connectivity index (χ4n) is 4.49. The Morgan fingerprint density at radius 3 is 2.54 bits per heavy atom. The molecule has 0 bridgehead atoms. The topological polar surface area (TPSA) is 127 Å². The average Bonchev–Trinajstić information content (AvgIpc) is 3.61. The van der Waals surface area contributed by atoms with Crippen LogP contribution in [-0.2, 0) is 10.9 Å². The van der Waals surface area contributed by atoms with Crippen LogP contribution in [-0.4, -0.2) is 55.4 Å². The number of ether oxygens (including phenoxy) is 1. The molecule has 0 radical (unpaired) electrons. The largest absolute Gasteiger partial charge is 0.416 e. The maximum Gasteiger partial charge on any atom is 0.416 e. The number of halogens is 3. The van der Waals surface area contributed by atoms with Crippen molar-refractivity contribution in [3.8, 4) is 28.8 Å². The Morgan fingerprint density at radius 2 is 1.90 bits per heavy atom. The van der Waals surface area contributed by atoms with Gasteiger partial charge in [-0.3, -0.25) is 4.57 Å². The number of aliphatic hydroxyl groups is 1. The van der Waals surface area contributed by atoms with Crippen molar-refractivity contribution in [2.24, 2.45) is 0 Å². The molecule has 10 nitrogen and oxygen atoms in total. The van der Waals surface area contributed by atoms with Crippen LogP contribution in [0.4, 0.5) is 18.0 Å². The first-order chi connectivity index (χ1) is 18.6. The lowest BCUT2D eigenvalue weighted by Gasteiger charge is -2.16. The van der Waals surface area contributed by atoms with E-state index < -0.39 is 35.6 Å². The van der Waals surface area contributed by atoms with Crippen molar-refractivity contribution in [1.82, 2.24) is 24.2 Å². The lowest BCUT2D eigenvalue weighted by atomic mass is 10.1. The van der Waals surface area contributed by atoms with Crippen LogP contribution in [0.15, 0.2) is 65.6 Å². The molecule has 1 aliphatic rings. The molecule has 0 spiro atoms. The Balaban J connectivity index is 1.71. The molecule has 0 aliphatic carbocycles. The molecular formula is C26H21F3N6O4. The van der Waals surface area contributed by atoms with E-state index in [9.17, 15) is 27.9 Å². The molecule has 39 heavy (non-hydrogen) atoms. The van der Waals surface area contributed by atoms with Gasteiger partial charge in [-0.05, 0) is 55.5 Å². The lowest BCUT2D eigenvalue weighted by Crippen LogP contribution is -2.47. The molecule has 5 rings (SSSR count). The Kier molecular flexibility index (Phi) is 6.59. The monoisotopic (exact) mass is 538 g/mol. The van der Waals surface area contributed by atoms with Crippen molar-refractivity contribution in [3.63, 3.8) is 0 Å². The zero-order valence-electron chi connectivity index (χ0n) is 20.4. The van der Waals surface area contributed by atoms with Crippen LogP contribution >= 0.6 is 0 Å². The van der Waals surface area contributed by atoms with E-state index in [1.54, 1.807) is 30.3 Å². The van der Waals surface area contributed by atoms with E-state index in [2.05, 4.69) is 10.4 Å². The maximum absolute atomic E-state index is 13.7. The Morgan fingerprint density at radius 1 is 1.15 bits per heavy atom. The molecule has 0 unspecified atom stereocenters. The van der Waals surface area contributed by atoms with Gasteiger partial charge < -0.3 is 15.2 Å². The molecule has 2 atom stereocenters. The molecule has 2 aromatic heterocycles. The molecule has 1 amide bonds. The number of rotatable bonds is 4. The summed E-state index contributed by atoms with van der Waals surface area (Å²) < 4.78 is 48.8. The highest BCUT2D eigenvalue weighted by atomic mass is 19.4. The highest BCUT2D eigenvalue weighted by Gasteiger charge is 2.33. The summed E-state index contributed by atoms with van der Waals surface area (Å²) >= 11 is 0. The SMILES string of the molecule is Cc1c(-c2ccnn2-c2ccc(C#N)cc2)n(C(=O)N[C@@H]2COC[C@H]2O)c(=O)n1-c1cccc(C(F)(F)F)c1. The maximum atomic E-state index is 13.7. The van der Waals surface area contributed by atoms with Crippen molar-refractivity contribution in [3.05, 3.63) is 88.1 Å². The van der Waals surface area contributed by atoms with Crippen LogP contribution in [0.5, 0.6) is 0 Å². The molecule has 1 saturated heterocycles. The van der Waals surface area contributed by atoms with Crippen molar-refractivity contribution in [2.45, 2.75) is 25.2 Å². The van der Waals surface area contributed by atoms with Crippen LogP contribution in [0, 0.1) is 18.3 Å². The smallest absolute Gasteiger partial charge is 0.388 e. The number of nitrogens with zero attached hydrogens (tertiary/aromatic N) is 5. The summed E-state index contributed by atoms with van der Waals surface area (Å²) in [5.41, 5.74) is -0.503. The minimum Gasteiger partial charge on any atom is -0.388 e. The number of nitrogens with one attached hydrogen (secondary N) is 1. The van der Waals surface area contributed by atoms with E-state index in [0.717, 1.165) is 21.3 Å². The molecular weight excluding hydrogens is 517 g/mol. The number of aromatic nitrogens is 4. The quantitative estimate of drug-likeness (QED) is 0.411. The second-order valence-corrected chi connectivity index (χ2v) is 8.88. The third-order valence-electron chi connectivity index (χ3n) is 6.40. The molecule has 200 valence electrons. The second-order valence-electron chi connectivity index (χ2n) is 8.88. The number of aliphatic hydroxyl groups excluding tert-OH is 1. The first-order valence-electron chi connectivity index (χ1n) is 11.7. The van der Waals surface area contributed by atoms with Crippen molar-refractivity contribution >= 4 is 6.03 Å². The van der Waals surface area contributed by atoms with Crippen LogP contribution < -0.4 is 11.0 Å². The van der Waals surface area contributed by atoms with E-state index in [-0.39, 0.29) is 30.3 Å². The highest BCUT2D eigenvalue weighted by Crippen LogP contribution is 2.32. The summed E-state index contributed by atoms with van der Waals surface area (Å²) in [6, 6.07) is 12.5. The standard InChI is InChI=1S/C26H21F3N6O4/c1-15-23(21-9-10-31-35(21)18-7-5-16(12-30)6-8-18)34(24(37)32-20-13-39-14-22(20)36)25(38)33(15)19-4-2-3-17(11-19)26(27,28)29/h2-11,20,22,36H,13-14H2,1H3,(H,32,37)/t20-,22-/m1/s1. The number of nitriles is 1. The van der Waals surface area contributed by atoms with Crippen molar-refractivity contribution in [1.29, 1.82) is 5.26 Å². The van der Waals surface area contributed by atoms with Crippen LogP contribution in [0.25, 0.3) is 22.8 Å². The normalized spacial score (nSPS) is 17.2. The summed E-state index contributed by atoms with van der Waals surface area (Å²) in [6.07, 6.45) is -4.21. The number of amides is 1. The van der Waals surface area contributed by atoms with Gasteiger partial charge in [-0.15, -0.1) is 0 Å². The van der Waals surface area contributed by atoms with Crippen molar-refractivity contribution < 1.29 is 27.8 Å². The first-order valence-corrected chi connectivity index (χ1v) is 11.7. The molecule has 0 saturated carbocycles. The Bertz CT molecular complexity index is 1650. The van der Waals surface area contributed by atoms with Gasteiger partial charge in [0, 0.05) is 0 Å². The molecule has 2 N–H and O–H groups in total. The van der Waals surface area contributed by atoms with E-state index in [1.165, 1.54) is 29.9 Å². The number of hydrogen-bond acceptors (Lipinski definition) is 6. The summed E-state index contributed by atoms with van der Waals surface area (Å²) in [5, 5.41) is 26.1. The van der Waals surface area contributed by atoms with E-state index in [0.29, 0.717) is 16.9 Å². The van der Waals surface area contributed by atoms with Crippen LogP contribution in [0.1, 0.15) is 16.8 Å². The zero-order chi connectivity index (χ0) is 27.9. The van der Waals surface area contributed by atoms with Gasteiger partial charge in [0.2, 0.25) is 0 Å². The number of carbonyl (C=O) groups excluding carboxylic acids is 1.